The maximum absolute atomic E-state index is 12.6. The Morgan fingerprint density at radius 1 is 1.12 bits per heavy atom. The van der Waals surface area contributed by atoms with E-state index < -0.39 is 9.84 Å². The lowest BCUT2D eigenvalue weighted by atomic mass is 9.79. The van der Waals surface area contributed by atoms with Gasteiger partial charge in [0.25, 0.3) is 5.91 Å². The first kappa shape index (κ1) is 18.9. The van der Waals surface area contributed by atoms with Crippen LogP contribution < -0.4 is 5.32 Å². The summed E-state index contributed by atoms with van der Waals surface area (Å²) in [6, 6.07) is 14.0. The smallest absolute Gasteiger partial charge is 0.251 e. The van der Waals surface area contributed by atoms with Gasteiger partial charge in [0.2, 0.25) is 0 Å². The minimum atomic E-state index is -3.34. The highest BCUT2D eigenvalue weighted by molar-refractivity contribution is 7.90. The third kappa shape index (κ3) is 4.10. The number of rotatable bonds is 5. The van der Waals surface area contributed by atoms with Gasteiger partial charge in [0, 0.05) is 28.8 Å². The summed E-state index contributed by atoms with van der Waals surface area (Å²) in [5.74, 6) is -0.254. The van der Waals surface area contributed by atoms with Gasteiger partial charge in [0.1, 0.15) is 0 Å². The number of benzene rings is 2. The second-order valence-corrected chi connectivity index (χ2v) is 9.43. The highest BCUT2D eigenvalue weighted by Gasteiger charge is 2.35. The van der Waals surface area contributed by atoms with E-state index in [9.17, 15) is 13.2 Å². The van der Waals surface area contributed by atoms with Crippen molar-refractivity contribution in [2.45, 2.75) is 36.0 Å². The number of carbonyl (C=O) groups is 1. The first-order chi connectivity index (χ1) is 12.3. The van der Waals surface area contributed by atoms with Crippen LogP contribution in [0.3, 0.4) is 0 Å². The molecule has 0 heterocycles. The van der Waals surface area contributed by atoms with E-state index in [1.807, 2.05) is 24.3 Å². The van der Waals surface area contributed by atoms with Crippen LogP contribution in [-0.2, 0) is 15.3 Å². The summed E-state index contributed by atoms with van der Waals surface area (Å²) >= 11 is 6.00. The first-order valence-electron chi connectivity index (χ1n) is 8.65. The van der Waals surface area contributed by atoms with E-state index in [2.05, 4.69) is 5.32 Å². The quantitative estimate of drug-likeness (QED) is 0.838. The summed E-state index contributed by atoms with van der Waals surface area (Å²) in [6.45, 7) is 0.524. The van der Waals surface area contributed by atoms with E-state index in [0.717, 1.165) is 31.9 Å². The van der Waals surface area contributed by atoms with Crippen molar-refractivity contribution in [3.8, 4) is 0 Å². The molecule has 0 aliphatic heterocycles. The second-order valence-electron chi connectivity index (χ2n) is 6.98. The lowest BCUT2D eigenvalue weighted by Gasteiger charge is -2.30. The van der Waals surface area contributed by atoms with Crippen molar-refractivity contribution >= 4 is 27.3 Å². The van der Waals surface area contributed by atoms with E-state index in [1.54, 1.807) is 12.1 Å². The highest BCUT2D eigenvalue weighted by atomic mass is 35.5. The van der Waals surface area contributed by atoms with Crippen LogP contribution in [0.4, 0.5) is 0 Å². The van der Waals surface area contributed by atoms with Gasteiger partial charge in [0.05, 0.1) is 4.90 Å². The number of hydrogen-bond donors (Lipinski definition) is 1. The molecule has 2 aromatic carbocycles. The van der Waals surface area contributed by atoms with Crippen molar-refractivity contribution in [1.82, 2.24) is 5.32 Å². The summed E-state index contributed by atoms with van der Waals surface area (Å²) in [5.41, 5.74) is 1.45. The highest BCUT2D eigenvalue weighted by Crippen LogP contribution is 2.41. The molecular weight excluding hydrogens is 370 g/mol. The third-order valence-electron chi connectivity index (χ3n) is 5.13. The van der Waals surface area contributed by atoms with Crippen molar-refractivity contribution < 1.29 is 13.2 Å². The van der Waals surface area contributed by atoms with Crippen LogP contribution in [0.1, 0.15) is 41.6 Å². The predicted octanol–water partition coefficient (Wildman–Crippen LogP) is 3.99. The van der Waals surface area contributed by atoms with Gasteiger partial charge in [0.15, 0.2) is 9.84 Å². The molecule has 0 saturated heterocycles. The van der Waals surface area contributed by atoms with E-state index in [0.29, 0.717) is 17.1 Å². The van der Waals surface area contributed by atoms with Crippen LogP contribution in [-0.4, -0.2) is 27.1 Å². The molecule has 1 aliphatic rings. The molecule has 138 valence electrons. The van der Waals surface area contributed by atoms with Gasteiger partial charge in [-0.2, -0.15) is 0 Å². The lowest BCUT2D eigenvalue weighted by Crippen LogP contribution is -2.39. The molecule has 0 bridgehead atoms. The molecule has 1 aliphatic carbocycles. The Bertz CT molecular complexity index is 901. The van der Waals surface area contributed by atoms with Gasteiger partial charge >= 0.3 is 0 Å². The van der Waals surface area contributed by atoms with Gasteiger partial charge in [-0.25, -0.2) is 8.42 Å². The van der Waals surface area contributed by atoms with Crippen molar-refractivity contribution in [2.24, 2.45) is 0 Å². The Labute approximate surface area is 159 Å². The number of hydrogen-bond acceptors (Lipinski definition) is 3. The summed E-state index contributed by atoms with van der Waals surface area (Å²) in [5, 5.41) is 3.70. The van der Waals surface area contributed by atoms with Gasteiger partial charge in [-0.3, -0.25) is 4.79 Å². The fraction of sp³-hybridized carbons (Fsp3) is 0.350. The summed E-state index contributed by atoms with van der Waals surface area (Å²) in [7, 11) is -3.34. The summed E-state index contributed by atoms with van der Waals surface area (Å²) in [6.07, 6.45) is 5.42. The fourth-order valence-electron chi connectivity index (χ4n) is 3.64. The second kappa shape index (κ2) is 7.41. The van der Waals surface area contributed by atoms with Crippen LogP contribution in [0.5, 0.6) is 0 Å². The Morgan fingerprint density at radius 2 is 1.77 bits per heavy atom. The van der Waals surface area contributed by atoms with Crippen LogP contribution >= 0.6 is 11.6 Å². The third-order valence-corrected chi connectivity index (χ3v) is 6.49. The number of nitrogens with one attached hydrogen (secondary N) is 1. The van der Waals surface area contributed by atoms with E-state index >= 15 is 0 Å². The molecule has 3 rings (SSSR count). The molecule has 26 heavy (non-hydrogen) atoms. The molecule has 6 heteroatoms. The van der Waals surface area contributed by atoms with Crippen LogP contribution in [0.25, 0.3) is 0 Å². The van der Waals surface area contributed by atoms with Gasteiger partial charge < -0.3 is 5.32 Å². The number of halogens is 1. The zero-order valence-electron chi connectivity index (χ0n) is 14.7. The average Bonchev–Trinajstić information content (AvgIpc) is 3.10. The first-order valence-corrected chi connectivity index (χ1v) is 10.9. The van der Waals surface area contributed by atoms with Gasteiger partial charge in [-0.1, -0.05) is 42.6 Å². The van der Waals surface area contributed by atoms with Crippen LogP contribution in [0, 0.1) is 0 Å². The molecule has 0 radical (unpaired) electrons. The van der Waals surface area contributed by atoms with E-state index in [4.69, 9.17) is 11.6 Å². The minimum absolute atomic E-state index is 0.0886. The molecule has 1 amide bonds. The van der Waals surface area contributed by atoms with E-state index in [-0.39, 0.29) is 16.2 Å². The Balaban J connectivity index is 1.78. The number of sulfone groups is 1. The van der Waals surface area contributed by atoms with Gasteiger partial charge in [-0.05, 0) is 48.7 Å². The topological polar surface area (TPSA) is 63.2 Å². The van der Waals surface area contributed by atoms with Crippen LogP contribution in [0.15, 0.2) is 53.4 Å². The lowest BCUT2D eigenvalue weighted by molar-refractivity contribution is 0.0943. The van der Waals surface area contributed by atoms with Crippen molar-refractivity contribution in [2.75, 3.05) is 12.8 Å². The number of amides is 1. The monoisotopic (exact) mass is 391 g/mol. The SMILES string of the molecule is CS(=O)(=O)c1cccc(C(=O)NCC2(c3ccc(Cl)cc3)CCCC2)c1. The largest absolute Gasteiger partial charge is 0.351 e. The maximum atomic E-state index is 12.6. The molecule has 0 aromatic heterocycles. The predicted molar refractivity (Wildman–Crippen MR) is 103 cm³/mol. The fourth-order valence-corrected chi connectivity index (χ4v) is 4.44. The summed E-state index contributed by atoms with van der Waals surface area (Å²) < 4.78 is 23.4. The molecular formula is C20H22ClNO3S. The normalized spacial score (nSPS) is 16.4. The minimum Gasteiger partial charge on any atom is -0.351 e. The van der Waals surface area contributed by atoms with Gasteiger partial charge in [-0.15, -0.1) is 0 Å². The Morgan fingerprint density at radius 3 is 2.38 bits per heavy atom. The molecule has 2 aromatic rings. The average molecular weight is 392 g/mol. The van der Waals surface area contributed by atoms with Crippen molar-refractivity contribution in [1.29, 1.82) is 0 Å². The van der Waals surface area contributed by atoms with Crippen molar-refractivity contribution in [3.63, 3.8) is 0 Å². The zero-order valence-corrected chi connectivity index (χ0v) is 16.2. The molecule has 1 saturated carbocycles. The molecule has 0 atom stereocenters. The molecule has 1 N–H and O–H groups in total. The molecule has 0 unspecified atom stereocenters. The van der Waals surface area contributed by atoms with Crippen molar-refractivity contribution in [3.05, 3.63) is 64.7 Å². The Hall–Kier alpha value is -1.85. The zero-order chi connectivity index (χ0) is 18.8. The molecule has 1 fully saturated rings. The molecule has 0 spiro atoms. The Kier molecular flexibility index (Phi) is 5.39. The standard InChI is InChI=1S/C20H22ClNO3S/c1-26(24,25)18-6-4-5-15(13-18)19(23)22-14-20(11-2-3-12-20)16-7-9-17(21)10-8-16/h4-10,13H,2-3,11-12,14H2,1H3,(H,22,23). The number of carbonyl (C=O) groups excluding carboxylic acids is 1. The molecule has 4 nitrogen and oxygen atoms in total. The van der Waals surface area contributed by atoms with Crippen LogP contribution in [0.2, 0.25) is 5.02 Å². The maximum Gasteiger partial charge on any atom is 0.251 e. The van der Waals surface area contributed by atoms with E-state index in [1.165, 1.54) is 17.7 Å². The summed E-state index contributed by atoms with van der Waals surface area (Å²) in [4.78, 5) is 12.7.